The summed E-state index contributed by atoms with van der Waals surface area (Å²) in [5, 5.41) is 34.9. The molecule has 0 aliphatic carbocycles. The van der Waals surface area contributed by atoms with Gasteiger partial charge in [0.15, 0.2) is 5.96 Å². The van der Waals surface area contributed by atoms with Crippen LogP contribution < -0.4 is 43.4 Å². The van der Waals surface area contributed by atoms with E-state index in [1.807, 2.05) is 43.3 Å². The van der Waals surface area contributed by atoms with Gasteiger partial charge in [-0.05, 0) is 52.0 Å². The van der Waals surface area contributed by atoms with E-state index in [9.17, 15) is 53.4 Å². The van der Waals surface area contributed by atoms with Crippen LogP contribution in [0.1, 0.15) is 72.8 Å². The summed E-state index contributed by atoms with van der Waals surface area (Å²) in [6, 6.07) is 0.970. The molecule has 22 nitrogen and oxygen atoms in total. The van der Waals surface area contributed by atoms with Gasteiger partial charge >= 0.3 is 11.9 Å². The lowest BCUT2D eigenvalue weighted by Crippen LogP contribution is -2.58. The van der Waals surface area contributed by atoms with Crippen LogP contribution in [0.2, 0.25) is 0 Å². The first-order valence-electron chi connectivity index (χ1n) is 22.1. The van der Waals surface area contributed by atoms with Crippen LogP contribution >= 0.6 is 0 Å². The minimum absolute atomic E-state index is 0.0251. The highest BCUT2D eigenvalue weighted by molar-refractivity contribution is 6.00. The van der Waals surface area contributed by atoms with Crippen molar-refractivity contribution in [1.82, 2.24) is 36.8 Å². The molecular formula is C46H68N10O12. The van der Waals surface area contributed by atoms with Gasteiger partial charge in [-0.15, -0.1) is 0 Å². The SMILES string of the molecule is C=C1C(=O)N[C@H](C)C(=O)N[C@@H](C)C(=O)N[C@@H](C(=O)O)[C@H](C)C(=O)N[C@@H](CCCN=C(N)N)C(=O)N[C@@H](/C=C/C(C)=C/[C@H](C)[C@H](Cc2ccccc2)OC)[C@H](C)C(=O)N[C@@H](C(=O)O)CCC(=O)N1C. The number of methoxy groups -OCH3 is 1. The van der Waals surface area contributed by atoms with Crippen molar-refractivity contribution in [3.8, 4) is 0 Å². The van der Waals surface area contributed by atoms with Crippen molar-refractivity contribution >= 4 is 59.2 Å². The van der Waals surface area contributed by atoms with Crippen LogP contribution in [-0.2, 0) is 54.3 Å². The van der Waals surface area contributed by atoms with Crippen molar-refractivity contribution in [2.24, 2.45) is 34.2 Å². The number of carbonyl (C=O) groups excluding carboxylic acids is 7. The summed E-state index contributed by atoms with van der Waals surface area (Å²) >= 11 is 0. The lowest BCUT2D eigenvalue weighted by atomic mass is 9.94. The van der Waals surface area contributed by atoms with Gasteiger partial charge in [-0.2, -0.15) is 0 Å². The predicted octanol–water partition coefficient (Wildman–Crippen LogP) is -0.408. The first-order chi connectivity index (χ1) is 31.9. The Hall–Kier alpha value is -7.10. The van der Waals surface area contributed by atoms with Crippen molar-refractivity contribution in [3.05, 3.63) is 72.0 Å². The van der Waals surface area contributed by atoms with E-state index < -0.39 is 120 Å². The van der Waals surface area contributed by atoms with E-state index in [2.05, 4.69) is 43.5 Å². The van der Waals surface area contributed by atoms with Crippen LogP contribution in [0.4, 0.5) is 0 Å². The Morgan fingerprint density at radius 3 is 2.04 bits per heavy atom. The molecule has 2 rings (SSSR count). The van der Waals surface area contributed by atoms with Crippen LogP contribution in [0.5, 0.6) is 0 Å². The summed E-state index contributed by atoms with van der Waals surface area (Å²) in [6.45, 7) is 12.5. The molecule has 0 saturated carbocycles. The van der Waals surface area contributed by atoms with E-state index >= 15 is 0 Å². The third kappa shape index (κ3) is 18.3. The highest BCUT2D eigenvalue weighted by Gasteiger charge is 2.36. The Balaban J connectivity index is 2.68. The molecule has 1 fully saturated rings. The summed E-state index contributed by atoms with van der Waals surface area (Å²) in [5.74, 6) is -12.5. The number of aliphatic imine (C=N–C) groups is 1. The number of nitrogens with one attached hydrogen (secondary N) is 6. The number of carbonyl (C=O) groups is 9. The molecule has 0 aromatic heterocycles. The highest BCUT2D eigenvalue weighted by atomic mass is 16.5. The maximum Gasteiger partial charge on any atom is 0.327 e. The summed E-state index contributed by atoms with van der Waals surface area (Å²) in [6.07, 6.45) is 4.62. The van der Waals surface area contributed by atoms with E-state index in [-0.39, 0.29) is 37.4 Å². The second-order valence-electron chi connectivity index (χ2n) is 16.8. The second-order valence-corrected chi connectivity index (χ2v) is 16.8. The van der Waals surface area contributed by atoms with Crippen LogP contribution in [-0.4, -0.2) is 137 Å². The molecule has 7 amide bonds. The fourth-order valence-electron chi connectivity index (χ4n) is 6.89. The molecule has 0 bridgehead atoms. The molecule has 0 unspecified atom stereocenters. The zero-order valence-electron chi connectivity index (χ0n) is 39.9. The number of nitrogens with zero attached hydrogens (tertiary/aromatic N) is 2. The maximum absolute atomic E-state index is 14.3. The Kier molecular flexibility index (Phi) is 23.1. The number of hydrogen-bond acceptors (Lipinski definition) is 11. The number of nitrogens with two attached hydrogens (primary N) is 2. The number of allylic oxidation sites excluding steroid dienone is 2. The van der Waals surface area contributed by atoms with E-state index in [1.54, 1.807) is 20.1 Å². The van der Waals surface area contributed by atoms with Crippen LogP contribution in [0.25, 0.3) is 0 Å². The summed E-state index contributed by atoms with van der Waals surface area (Å²) < 4.78 is 5.80. The highest BCUT2D eigenvalue weighted by Crippen LogP contribution is 2.19. The maximum atomic E-state index is 14.3. The minimum Gasteiger partial charge on any atom is -0.480 e. The average Bonchev–Trinajstić information content (AvgIpc) is 3.28. The zero-order chi connectivity index (χ0) is 51.4. The molecule has 1 aromatic rings. The van der Waals surface area contributed by atoms with Crippen molar-refractivity contribution in [2.45, 2.75) is 116 Å². The molecule has 22 heteroatoms. The molecule has 12 N–H and O–H groups in total. The van der Waals surface area contributed by atoms with Gasteiger partial charge in [-0.1, -0.05) is 81.5 Å². The molecule has 1 aliphatic heterocycles. The lowest BCUT2D eigenvalue weighted by Gasteiger charge is -2.28. The molecule has 1 heterocycles. The van der Waals surface area contributed by atoms with Gasteiger partial charge in [0.1, 0.15) is 35.9 Å². The normalized spacial score (nSPS) is 25.8. The molecule has 1 aromatic carbocycles. The molecule has 10 atom stereocenters. The van der Waals surface area contributed by atoms with Crippen LogP contribution in [0.3, 0.4) is 0 Å². The van der Waals surface area contributed by atoms with Crippen LogP contribution in [0, 0.1) is 17.8 Å². The quantitative estimate of drug-likeness (QED) is 0.0396. The summed E-state index contributed by atoms with van der Waals surface area (Å²) in [7, 11) is 2.81. The molecular weight excluding hydrogens is 885 g/mol. The number of guanidine groups is 1. The Labute approximate surface area is 396 Å². The average molecular weight is 953 g/mol. The summed E-state index contributed by atoms with van der Waals surface area (Å²) in [4.78, 5) is 124. The zero-order valence-corrected chi connectivity index (χ0v) is 39.9. The molecule has 1 saturated heterocycles. The van der Waals surface area contributed by atoms with Crippen molar-refractivity contribution in [1.29, 1.82) is 0 Å². The van der Waals surface area contributed by atoms with Gasteiger partial charge in [-0.25, -0.2) is 9.59 Å². The minimum atomic E-state index is -1.88. The Morgan fingerprint density at radius 1 is 0.853 bits per heavy atom. The topological polar surface area (TPSA) is 343 Å². The first kappa shape index (κ1) is 57.0. The fourth-order valence-corrected chi connectivity index (χ4v) is 6.89. The number of hydrogen-bond donors (Lipinski definition) is 10. The largest absolute Gasteiger partial charge is 0.480 e. The van der Waals surface area contributed by atoms with E-state index in [4.69, 9.17) is 16.2 Å². The molecule has 0 spiro atoms. The van der Waals surface area contributed by atoms with Gasteiger partial charge in [0.05, 0.1) is 24.0 Å². The number of carboxylic acid groups (broad SMARTS) is 2. The van der Waals surface area contributed by atoms with Crippen LogP contribution in [0.15, 0.2) is 71.4 Å². The van der Waals surface area contributed by atoms with Gasteiger partial charge in [-0.3, -0.25) is 38.6 Å². The molecule has 0 radical (unpaired) electrons. The Morgan fingerprint density at radius 2 is 1.46 bits per heavy atom. The number of ether oxygens (including phenoxy) is 1. The molecule has 374 valence electrons. The predicted molar refractivity (Wildman–Crippen MR) is 251 cm³/mol. The fraction of sp³-hybridized carbons (Fsp3) is 0.522. The number of likely N-dealkylation sites (N-methyl/N-ethyl adjacent to an activating group) is 1. The molecule has 68 heavy (non-hydrogen) atoms. The molecule has 1 aliphatic rings. The van der Waals surface area contributed by atoms with Crippen molar-refractivity contribution in [3.63, 3.8) is 0 Å². The van der Waals surface area contributed by atoms with Crippen molar-refractivity contribution in [2.75, 3.05) is 20.7 Å². The number of aliphatic carboxylic acids is 2. The number of rotatable bonds is 13. The van der Waals surface area contributed by atoms with Gasteiger partial charge < -0.3 is 63.2 Å². The van der Waals surface area contributed by atoms with E-state index in [1.165, 1.54) is 40.8 Å². The standard InChI is InChI=1S/C46H68N10O12/c1-24(22-25(2)35(68-9)23-31-14-11-10-12-15-31)17-18-32-26(3)38(58)54-34(44(64)65)19-20-36(57)56(8)30(7)42(62)51-28(5)40(60)50-29(6)41(61)55-37(45(66)67)27(4)39(59)53-33(43(63)52-32)16-13-21-49-46(47)48/h10-12,14-15,17-18,22,25-29,32-35,37H,7,13,16,19-21,23H2,1-6,8-9H3,(H,50,60)(H,51,62)(H,52,63)(H,53,59)(H,54,58)(H,55,61)(H,64,65)(H,66,67)(H4,47,48,49)/b18-17+,24-22+/t25-,26-,27-,28+,29-,32-,33-,34+,35-,37+/m0/s1. The van der Waals surface area contributed by atoms with E-state index in [0.29, 0.717) is 12.0 Å². The van der Waals surface area contributed by atoms with Gasteiger partial charge in [0.2, 0.25) is 35.4 Å². The monoisotopic (exact) mass is 953 g/mol. The number of benzene rings is 1. The number of carboxylic acids is 2. The Bertz CT molecular complexity index is 2090. The van der Waals surface area contributed by atoms with Crippen molar-refractivity contribution < 1.29 is 58.1 Å². The summed E-state index contributed by atoms with van der Waals surface area (Å²) in [5.41, 5.74) is 12.3. The van der Waals surface area contributed by atoms with Gasteiger partial charge in [0, 0.05) is 33.0 Å². The third-order valence-corrected chi connectivity index (χ3v) is 11.4. The lowest BCUT2D eigenvalue weighted by molar-refractivity contribution is -0.146. The van der Waals surface area contributed by atoms with E-state index in [0.717, 1.165) is 10.5 Å². The number of amides is 7. The third-order valence-electron chi connectivity index (χ3n) is 11.4. The second kappa shape index (κ2) is 27.5. The smallest absolute Gasteiger partial charge is 0.327 e. The first-order valence-corrected chi connectivity index (χ1v) is 22.1. The van der Waals surface area contributed by atoms with Gasteiger partial charge in [0.25, 0.3) is 5.91 Å².